The smallest absolute Gasteiger partial charge is 0.123 e. The SMILES string of the molecule is c1csc(-c2ccc(NCC3CCCO3)cc2)n1. The van der Waals surface area contributed by atoms with Crippen molar-refractivity contribution in [2.75, 3.05) is 18.5 Å². The van der Waals surface area contributed by atoms with Crippen LogP contribution in [0.15, 0.2) is 35.8 Å². The molecule has 1 N–H and O–H groups in total. The van der Waals surface area contributed by atoms with Crippen molar-refractivity contribution in [3.05, 3.63) is 35.8 Å². The quantitative estimate of drug-likeness (QED) is 0.915. The average Bonchev–Trinajstić information content (AvgIpc) is 3.10. The number of nitrogens with one attached hydrogen (secondary N) is 1. The van der Waals surface area contributed by atoms with Crippen molar-refractivity contribution in [2.24, 2.45) is 0 Å². The lowest BCUT2D eigenvalue weighted by Crippen LogP contribution is -2.18. The molecule has 94 valence electrons. The Balaban J connectivity index is 1.60. The number of nitrogens with zero attached hydrogens (tertiary/aromatic N) is 1. The monoisotopic (exact) mass is 260 g/mol. The maximum Gasteiger partial charge on any atom is 0.123 e. The molecule has 3 rings (SSSR count). The third-order valence-electron chi connectivity index (χ3n) is 3.12. The minimum Gasteiger partial charge on any atom is -0.382 e. The maximum atomic E-state index is 5.59. The predicted octanol–water partition coefficient (Wildman–Crippen LogP) is 3.40. The second-order valence-corrected chi connectivity index (χ2v) is 5.33. The van der Waals surface area contributed by atoms with Crippen molar-refractivity contribution in [2.45, 2.75) is 18.9 Å². The summed E-state index contributed by atoms with van der Waals surface area (Å²) in [6, 6.07) is 8.42. The third-order valence-corrected chi connectivity index (χ3v) is 3.94. The fourth-order valence-corrected chi connectivity index (χ4v) is 2.78. The van der Waals surface area contributed by atoms with E-state index in [0.29, 0.717) is 6.10 Å². The largest absolute Gasteiger partial charge is 0.382 e. The van der Waals surface area contributed by atoms with Crippen molar-refractivity contribution in [3.63, 3.8) is 0 Å². The Bertz CT molecular complexity index is 475. The van der Waals surface area contributed by atoms with E-state index >= 15 is 0 Å². The molecule has 1 aliphatic rings. The van der Waals surface area contributed by atoms with E-state index < -0.39 is 0 Å². The molecule has 1 fully saturated rings. The minimum atomic E-state index is 0.378. The number of aromatic nitrogens is 1. The lowest BCUT2D eigenvalue weighted by molar-refractivity contribution is 0.120. The molecule has 0 amide bonds. The summed E-state index contributed by atoms with van der Waals surface area (Å²) >= 11 is 1.66. The van der Waals surface area contributed by atoms with Crippen LogP contribution in [0.3, 0.4) is 0 Å². The van der Waals surface area contributed by atoms with E-state index in [1.807, 2.05) is 11.6 Å². The van der Waals surface area contributed by atoms with E-state index in [1.165, 1.54) is 18.4 Å². The highest BCUT2D eigenvalue weighted by atomic mass is 32.1. The van der Waals surface area contributed by atoms with Gasteiger partial charge in [-0.25, -0.2) is 4.98 Å². The van der Waals surface area contributed by atoms with Crippen LogP contribution in [0.5, 0.6) is 0 Å². The van der Waals surface area contributed by atoms with Crippen LogP contribution < -0.4 is 5.32 Å². The van der Waals surface area contributed by atoms with Crippen LogP contribution in [0.1, 0.15) is 12.8 Å². The molecule has 3 nitrogen and oxygen atoms in total. The normalized spacial score (nSPS) is 19.0. The molecule has 2 heterocycles. The van der Waals surface area contributed by atoms with Crippen molar-refractivity contribution < 1.29 is 4.74 Å². The van der Waals surface area contributed by atoms with Gasteiger partial charge in [0.25, 0.3) is 0 Å². The van der Waals surface area contributed by atoms with Gasteiger partial charge in [0.15, 0.2) is 0 Å². The first-order valence-corrected chi connectivity index (χ1v) is 7.15. The second-order valence-electron chi connectivity index (χ2n) is 4.43. The predicted molar refractivity (Wildman–Crippen MR) is 75.0 cm³/mol. The third kappa shape index (κ3) is 2.71. The molecule has 0 saturated carbocycles. The Morgan fingerprint density at radius 1 is 1.33 bits per heavy atom. The number of rotatable bonds is 4. The topological polar surface area (TPSA) is 34.1 Å². The summed E-state index contributed by atoms with van der Waals surface area (Å²) < 4.78 is 5.59. The van der Waals surface area contributed by atoms with Gasteiger partial charge in [-0.2, -0.15) is 0 Å². The summed E-state index contributed by atoms with van der Waals surface area (Å²) in [6.45, 7) is 1.81. The lowest BCUT2D eigenvalue weighted by Gasteiger charge is -2.11. The van der Waals surface area contributed by atoms with Crippen LogP contribution in [0.25, 0.3) is 10.6 Å². The fourth-order valence-electron chi connectivity index (χ4n) is 2.13. The molecule has 1 aliphatic heterocycles. The Morgan fingerprint density at radius 3 is 2.89 bits per heavy atom. The van der Waals surface area contributed by atoms with Gasteiger partial charge in [0.1, 0.15) is 5.01 Å². The summed E-state index contributed by atoms with van der Waals surface area (Å²) in [5.74, 6) is 0. The van der Waals surface area contributed by atoms with Crippen molar-refractivity contribution >= 4 is 17.0 Å². The maximum absolute atomic E-state index is 5.59. The van der Waals surface area contributed by atoms with Crippen LogP contribution in [-0.2, 0) is 4.74 Å². The molecular weight excluding hydrogens is 244 g/mol. The van der Waals surface area contributed by atoms with E-state index in [-0.39, 0.29) is 0 Å². The van der Waals surface area contributed by atoms with Crippen LogP contribution in [-0.4, -0.2) is 24.2 Å². The molecule has 1 aromatic carbocycles. The Kier molecular flexibility index (Phi) is 3.57. The molecule has 1 saturated heterocycles. The molecular formula is C14H16N2OS. The second kappa shape index (κ2) is 5.50. The highest BCUT2D eigenvalue weighted by Gasteiger charge is 2.14. The molecule has 2 aromatic rings. The molecule has 0 aliphatic carbocycles. The number of anilines is 1. The Morgan fingerprint density at radius 2 is 2.22 bits per heavy atom. The van der Waals surface area contributed by atoms with Gasteiger partial charge in [-0.3, -0.25) is 0 Å². The van der Waals surface area contributed by atoms with Crippen LogP contribution in [0, 0.1) is 0 Å². The fraction of sp³-hybridized carbons (Fsp3) is 0.357. The Labute approximate surface area is 111 Å². The van der Waals surface area contributed by atoms with E-state index in [0.717, 1.165) is 23.8 Å². The number of hydrogen-bond acceptors (Lipinski definition) is 4. The number of benzene rings is 1. The van der Waals surface area contributed by atoms with E-state index in [2.05, 4.69) is 34.6 Å². The van der Waals surface area contributed by atoms with Gasteiger partial charge in [-0.1, -0.05) is 0 Å². The lowest BCUT2D eigenvalue weighted by atomic mass is 10.2. The van der Waals surface area contributed by atoms with Crippen molar-refractivity contribution in [3.8, 4) is 10.6 Å². The van der Waals surface area contributed by atoms with Crippen LogP contribution >= 0.6 is 11.3 Å². The van der Waals surface area contributed by atoms with E-state index in [9.17, 15) is 0 Å². The van der Waals surface area contributed by atoms with E-state index in [1.54, 1.807) is 11.3 Å². The van der Waals surface area contributed by atoms with Crippen molar-refractivity contribution in [1.29, 1.82) is 0 Å². The highest BCUT2D eigenvalue weighted by Crippen LogP contribution is 2.23. The van der Waals surface area contributed by atoms with Gasteiger partial charge in [-0.05, 0) is 37.1 Å². The average molecular weight is 260 g/mol. The van der Waals surface area contributed by atoms with Gasteiger partial charge < -0.3 is 10.1 Å². The number of hydrogen-bond donors (Lipinski definition) is 1. The van der Waals surface area contributed by atoms with E-state index in [4.69, 9.17) is 4.74 Å². The molecule has 0 bridgehead atoms. The summed E-state index contributed by atoms with van der Waals surface area (Å²) in [6.07, 6.45) is 4.58. The van der Waals surface area contributed by atoms with Gasteiger partial charge in [0.05, 0.1) is 6.10 Å². The molecule has 18 heavy (non-hydrogen) atoms. The first kappa shape index (κ1) is 11.7. The number of ether oxygens (including phenoxy) is 1. The first-order valence-electron chi connectivity index (χ1n) is 6.27. The molecule has 0 spiro atoms. The minimum absolute atomic E-state index is 0.378. The molecule has 1 aromatic heterocycles. The number of thiazole rings is 1. The van der Waals surface area contributed by atoms with Gasteiger partial charge >= 0.3 is 0 Å². The van der Waals surface area contributed by atoms with Gasteiger partial charge in [-0.15, -0.1) is 11.3 Å². The van der Waals surface area contributed by atoms with Crippen molar-refractivity contribution in [1.82, 2.24) is 4.98 Å². The molecule has 0 radical (unpaired) electrons. The van der Waals surface area contributed by atoms with Gasteiger partial charge in [0.2, 0.25) is 0 Å². The standard InChI is InChI=1S/C14H16N2OS/c1-2-13(17-8-1)10-16-12-5-3-11(4-6-12)14-15-7-9-18-14/h3-7,9,13,16H,1-2,8,10H2. The summed E-state index contributed by atoms with van der Waals surface area (Å²) in [5, 5.41) is 6.49. The summed E-state index contributed by atoms with van der Waals surface area (Å²) in [5.41, 5.74) is 2.32. The first-order chi connectivity index (χ1) is 8.92. The van der Waals surface area contributed by atoms with Crippen LogP contribution in [0.2, 0.25) is 0 Å². The van der Waals surface area contributed by atoms with Crippen LogP contribution in [0.4, 0.5) is 5.69 Å². The zero-order valence-electron chi connectivity index (χ0n) is 10.1. The molecule has 4 heteroatoms. The zero-order chi connectivity index (χ0) is 12.2. The molecule has 1 unspecified atom stereocenters. The summed E-state index contributed by atoms with van der Waals surface area (Å²) in [7, 11) is 0. The zero-order valence-corrected chi connectivity index (χ0v) is 11.0. The summed E-state index contributed by atoms with van der Waals surface area (Å²) in [4.78, 5) is 4.30. The van der Waals surface area contributed by atoms with Gasteiger partial charge in [0, 0.05) is 36.0 Å². The molecule has 1 atom stereocenters. The Hall–Kier alpha value is -1.39. The highest BCUT2D eigenvalue weighted by molar-refractivity contribution is 7.13.